The molecule has 1 atom stereocenters. The van der Waals surface area contributed by atoms with Gasteiger partial charge in [-0.25, -0.2) is 18.3 Å². The van der Waals surface area contributed by atoms with Gasteiger partial charge in [-0.2, -0.15) is 0 Å². The number of carbonyl (C=O) groups excluding carboxylic acids is 2. The van der Waals surface area contributed by atoms with Gasteiger partial charge in [0.05, 0.1) is 11.1 Å². The van der Waals surface area contributed by atoms with Crippen molar-refractivity contribution in [1.29, 1.82) is 0 Å². The van der Waals surface area contributed by atoms with E-state index in [2.05, 4.69) is 15.6 Å². The van der Waals surface area contributed by atoms with Crippen molar-refractivity contribution in [2.75, 3.05) is 5.32 Å². The third-order valence-electron chi connectivity index (χ3n) is 3.89. The zero-order valence-electron chi connectivity index (χ0n) is 14.6. The van der Waals surface area contributed by atoms with Gasteiger partial charge in [0.1, 0.15) is 5.52 Å². The number of hydrogen-bond donors (Lipinski definition) is 1. The van der Waals surface area contributed by atoms with Gasteiger partial charge < -0.3 is 10.1 Å². The van der Waals surface area contributed by atoms with Crippen LogP contribution in [-0.2, 0) is 16.1 Å². The van der Waals surface area contributed by atoms with Gasteiger partial charge in [-0.05, 0) is 44.2 Å². The van der Waals surface area contributed by atoms with E-state index in [0.717, 1.165) is 17.6 Å². The van der Waals surface area contributed by atoms with Crippen LogP contribution >= 0.6 is 0 Å². The number of fused-ring (bicyclic) bond motifs is 1. The molecule has 3 aromatic rings. The third kappa shape index (κ3) is 3.91. The number of esters is 1. The first-order chi connectivity index (χ1) is 12.9. The van der Waals surface area contributed by atoms with Crippen molar-refractivity contribution in [2.24, 2.45) is 0 Å². The first kappa shape index (κ1) is 18.4. The number of hydrogen-bond acceptors (Lipinski definition) is 5. The standard InChI is InChI=1S/C18H16F2N4O3/c1-3-24-16-7-4-11(8-15(16)22-23-24)18(26)27-10(2)17(25)21-12-5-6-13(19)14(20)9-12/h4-10H,3H2,1-2H3,(H,21,25)/t10-/m1/s1. The largest absolute Gasteiger partial charge is 0.449 e. The van der Waals surface area contributed by atoms with Crippen LogP contribution in [0, 0.1) is 11.6 Å². The molecular weight excluding hydrogens is 358 g/mol. The molecule has 0 spiro atoms. The van der Waals surface area contributed by atoms with Crippen LogP contribution in [0.2, 0.25) is 0 Å². The van der Waals surface area contributed by atoms with E-state index in [1.54, 1.807) is 16.8 Å². The fourth-order valence-corrected chi connectivity index (χ4v) is 2.43. The van der Waals surface area contributed by atoms with E-state index in [4.69, 9.17) is 4.74 Å². The molecule has 2 aromatic carbocycles. The number of halogens is 2. The van der Waals surface area contributed by atoms with Crippen LogP contribution in [0.15, 0.2) is 36.4 Å². The zero-order valence-corrected chi connectivity index (χ0v) is 14.6. The fraction of sp³-hybridized carbons (Fsp3) is 0.222. The highest BCUT2D eigenvalue weighted by Crippen LogP contribution is 2.16. The predicted molar refractivity (Wildman–Crippen MR) is 93.1 cm³/mol. The molecule has 0 saturated heterocycles. The smallest absolute Gasteiger partial charge is 0.338 e. The van der Waals surface area contributed by atoms with Crippen LogP contribution in [0.3, 0.4) is 0 Å². The first-order valence-corrected chi connectivity index (χ1v) is 8.19. The number of aryl methyl sites for hydroxylation is 1. The summed E-state index contributed by atoms with van der Waals surface area (Å²) in [4.78, 5) is 24.4. The summed E-state index contributed by atoms with van der Waals surface area (Å²) in [7, 11) is 0. The van der Waals surface area contributed by atoms with E-state index < -0.39 is 29.6 Å². The van der Waals surface area contributed by atoms with Crippen LogP contribution in [0.4, 0.5) is 14.5 Å². The third-order valence-corrected chi connectivity index (χ3v) is 3.89. The lowest BCUT2D eigenvalue weighted by Gasteiger charge is -2.13. The molecule has 3 rings (SSSR count). The van der Waals surface area contributed by atoms with Gasteiger partial charge in [0, 0.05) is 18.3 Å². The Bertz CT molecular complexity index is 1020. The molecular formula is C18H16F2N4O3. The van der Waals surface area contributed by atoms with Gasteiger partial charge in [0.15, 0.2) is 17.7 Å². The second-order valence-corrected chi connectivity index (χ2v) is 5.77. The maximum absolute atomic E-state index is 13.2. The molecule has 7 nitrogen and oxygen atoms in total. The minimum atomic E-state index is -1.15. The average molecular weight is 374 g/mol. The molecule has 1 heterocycles. The van der Waals surface area contributed by atoms with E-state index in [9.17, 15) is 18.4 Å². The summed E-state index contributed by atoms with van der Waals surface area (Å²) in [5.41, 5.74) is 1.58. The van der Waals surface area contributed by atoms with Crippen molar-refractivity contribution in [3.63, 3.8) is 0 Å². The SMILES string of the molecule is CCn1nnc2cc(C(=O)O[C@H](C)C(=O)Nc3ccc(F)c(F)c3)ccc21. The topological polar surface area (TPSA) is 86.1 Å². The number of carbonyl (C=O) groups is 2. The van der Waals surface area contributed by atoms with Crippen LogP contribution in [0.25, 0.3) is 11.0 Å². The zero-order chi connectivity index (χ0) is 19.6. The number of nitrogens with zero attached hydrogens (tertiary/aromatic N) is 3. The Morgan fingerprint density at radius 3 is 2.67 bits per heavy atom. The Hall–Kier alpha value is -3.36. The summed E-state index contributed by atoms with van der Waals surface area (Å²) in [5.74, 6) is -3.50. The average Bonchev–Trinajstić information content (AvgIpc) is 3.06. The van der Waals surface area contributed by atoms with E-state index in [1.165, 1.54) is 19.1 Å². The minimum absolute atomic E-state index is 0.0550. The summed E-state index contributed by atoms with van der Waals surface area (Å²) >= 11 is 0. The lowest BCUT2D eigenvalue weighted by atomic mass is 10.2. The maximum atomic E-state index is 13.2. The number of amides is 1. The molecule has 0 saturated carbocycles. The number of ether oxygens (including phenoxy) is 1. The quantitative estimate of drug-likeness (QED) is 0.694. The second-order valence-electron chi connectivity index (χ2n) is 5.77. The molecule has 0 fully saturated rings. The summed E-state index contributed by atoms with van der Waals surface area (Å²) in [6.07, 6.45) is -1.15. The Balaban J connectivity index is 1.67. The molecule has 0 bridgehead atoms. The fourth-order valence-electron chi connectivity index (χ4n) is 2.43. The molecule has 1 amide bonds. The van der Waals surface area contributed by atoms with Crippen molar-refractivity contribution in [3.05, 3.63) is 53.6 Å². The lowest BCUT2D eigenvalue weighted by molar-refractivity contribution is -0.123. The predicted octanol–water partition coefficient (Wildman–Crippen LogP) is 2.91. The van der Waals surface area contributed by atoms with Crippen molar-refractivity contribution in [1.82, 2.24) is 15.0 Å². The normalized spacial score (nSPS) is 12.0. The molecule has 0 aliphatic carbocycles. The number of anilines is 1. The Morgan fingerprint density at radius 1 is 1.19 bits per heavy atom. The summed E-state index contributed by atoms with van der Waals surface area (Å²) in [6, 6.07) is 7.71. The molecule has 9 heteroatoms. The number of aromatic nitrogens is 3. The van der Waals surface area contributed by atoms with E-state index in [1.807, 2.05) is 6.92 Å². The molecule has 140 valence electrons. The molecule has 0 unspecified atom stereocenters. The van der Waals surface area contributed by atoms with Crippen LogP contribution in [0.5, 0.6) is 0 Å². The highest BCUT2D eigenvalue weighted by Gasteiger charge is 2.20. The molecule has 27 heavy (non-hydrogen) atoms. The van der Waals surface area contributed by atoms with Crippen molar-refractivity contribution in [2.45, 2.75) is 26.5 Å². The van der Waals surface area contributed by atoms with Gasteiger partial charge in [-0.3, -0.25) is 4.79 Å². The number of benzene rings is 2. The van der Waals surface area contributed by atoms with Crippen LogP contribution in [0.1, 0.15) is 24.2 Å². The Kier molecular flexibility index (Phi) is 5.11. The Morgan fingerprint density at radius 2 is 1.96 bits per heavy atom. The van der Waals surface area contributed by atoms with E-state index >= 15 is 0 Å². The Labute approximate surface area is 152 Å². The van der Waals surface area contributed by atoms with Crippen LogP contribution < -0.4 is 5.32 Å². The van der Waals surface area contributed by atoms with Gasteiger partial charge in [-0.15, -0.1) is 5.10 Å². The van der Waals surface area contributed by atoms with Gasteiger partial charge in [0.2, 0.25) is 0 Å². The van der Waals surface area contributed by atoms with Gasteiger partial charge >= 0.3 is 5.97 Å². The van der Waals surface area contributed by atoms with Gasteiger partial charge in [0.25, 0.3) is 5.91 Å². The monoisotopic (exact) mass is 374 g/mol. The minimum Gasteiger partial charge on any atom is -0.449 e. The highest BCUT2D eigenvalue weighted by atomic mass is 19.2. The van der Waals surface area contributed by atoms with E-state index in [0.29, 0.717) is 12.1 Å². The highest BCUT2D eigenvalue weighted by molar-refractivity contribution is 5.98. The first-order valence-electron chi connectivity index (χ1n) is 8.19. The molecule has 0 radical (unpaired) electrons. The van der Waals surface area contributed by atoms with Crippen LogP contribution in [-0.4, -0.2) is 33.0 Å². The van der Waals surface area contributed by atoms with Crippen molar-refractivity contribution < 1.29 is 23.1 Å². The molecule has 1 N–H and O–H groups in total. The summed E-state index contributed by atoms with van der Waals surface area (Å²) in [5, 5.41) is 10.3. The van der Waals surface area contributed by atoms with E-state index in [-0.39, 0.29) is 11.3 Å². The number of rotatable bonds is 5. The molecule has 0 aliphatic heterocycles. The van der Waals surface area contributed by atoms with Crippen molar-refractivity contribution in [3.8, 4) is 0 Å². The number of nitrogens with one attached hydrogen (secondary N) is 1. The van der Waals surface area contributed by atoms with Gasteiger partial charge in [-0.1, -0.05) is 5.21 Å². The maximum Gasteiger partial charge on any atom is 0.338 e. The molecule has 0 aliphatic rings. The van der Waals surface area contributed by atoms with Crippen molar-refractivity contribution >= 4 is 28.6 Å². The second kappa shape index (κ2) is 7.48. The summed E-state index contributed by atoms with van der Waals surface area (Å²) in [6.45, 7) is 3.93. The molecule has 1 aromatic heterocycles. The lowest BCUT2D eigenvalue weighted by Crippen LogP contribution is -2.30. The summed E-state index contributed by atoms with van der Waals surface area (Å²) < 4.78 is 32.9.